The minimum absolute atomic E-state index is 0.00740. The molecule has 1 aromatic rings. The normalized spacial score (nSPS) is 23.8. The Morgan fingerprint density at radius 3 is 2.73 bits per heavy atom. The molecule has 0 bridgehead atoms. The monoisotopic (exact) mass is 316 g/mol. The summed E-state index contributed by atoms with van der Waals surface area (Å²) < 4.78 is 37.7. The fourth-order valence-electron chi connectivity index (χ4n) is 3.38. The minimum Gasteiger partial charge on any atom is -0.340 e. The molecule has 1 atom stereocenters. The third kappa shape index (κ3) is 2.97. The van der Waals surface area contributed by atoms with E-state index < -0.39 is 12.7 Å². The highest BCUT2D eigenvalue weighted by atomic mass is 19.4. The summed E-state index contributed by atoms with van der Waals surface area (Å²) in [6, 6.07) is 1.46. The molecule has 0 radical (unpaired) electrons. The van der Waals surface area contributed by atoms with Gasteiger partial charge in [-0.1, -0.05) is 6.42 Å². The minimum atomic E-state index is -4.31. The van der Waals surface area contributed by atoms with Crippen LogP contribution in [0.1, 0.15) is 25.0 Å². The van der Waals surface area contributed by atoms with E-state index >= 15 is 0 Å². The van der Waals surface area contributed by atoms with Crippen molar-refractivity contribution in [3.63, 3.8) is 0 Å². The Kier molecular flexibility index (Phi) is 3.66. The van der Waals surface area contributed by atoms with E-state index in [0.29, 0.717) is 18.8 Å². The number of rotatable bonds is 3. The van der Waals surface area contributed by atoms with Gasteiger partial charge in [-0.15, -0.1) is 0 Å². The number of hydrogen-bond acceptors (Lipinski definition) is 3. The maximum atomic E-state index is 12.3. The molecule has 1 aromatic heterocycles. The molecule has 2 fully saturated rings. The van der Waals surface area contributed by atoms with Gasteiger partial charge in [0.15, 0.2) is 0 Å². The molecule has 1 spiro atoms. The Morgan fingerprint density at radius 2 is 2.18 bits per heavy atom. The quantitative estimate of drug-likeness (QED) is 0.915. The van der Waals surface area contributed by atoms with Crippen LogP contribution in [0.3, 0.4) is 0 Å². The molecule has 2 heterocycles. The number of nitrogens with two attached hydrogens (primary N) is 1. The third-order valence-corrected chi connectivity index (χ3v) is 4.78. The zero-order valence-corrected chi connectivity index (χ0v) is 12.1. The van der Waals surface area contributed by atoms with Gasteiger partial charge in [-0.05, 0) is 18.9 Å². The molecular weight excluding hydrogens is 297 g/mol. The molecular formula is C14H19F3N4O. The predicted molar refractivity (Wildman–Crippen MR) is 72.8 cm³/mol. The molecule has 1 aliphatic heterocycles. The molecule has 2 aliphatic rings. The van der Waals surface area contributed by atoms with Crippen molar-refractivity contribution in [1.29, 1.82) is 0 Å². The summed E-state index contributed by atoms with van der Waals surface area (Å²) in [5.41, 5.74) is 6.56. The van der Waals surface area contributed by atoms with Crippen molar-refractivity contribution in [2.24, 2.45) is 11.1 Å². The van der Waals surface area contributed by atoms with Gasteiger partial charge in [0.2, 0.25) is 5.91 Å². The number of carbonyl (C=O) groups excluding carboxylic acids is 1. The lowest BCUT2D eigenvalue weighted by Crippen LogP contribution is -2.45. The first-order valence-corrected chi connectivity index (χ1v) is 7.40. The van der Waals surface area contributed by atoms with Crippen LogP contribution in [0, 0.1) is 5.41 Å². The Hall–Kier alpha value is -1.57. The largest absolute Gasteiger partial charge is 0.408 e. The van der Waals surface area contributed by atoms with Gasteiger partial charge in [0.1, 0.15) is 6.54 Å². The Labute approximate surface area is 126 Å². The highest BCUT2D eigenvalue weighted by molar-refractivity contribution is 5.78. The smallest absolute Gasteiger partial charge is 0.340 e. The Morgan fingerprint density at radius 1 is 1.45 bits per heavy atom. The molecule has 5 nitrogen and oxygen atoms in total. The molecule has 8 heteroatoms. The second kappa shape index (κ2) is 5.26. The van der Waals surface area contributed by atoms with E-state index in [1.807, 2.05) is 0 Å². The Balaban J connectivity index is 1.58. The van der Waals surface area contributed by atoms with Gasteiger partial charge >= 0.3 is 6.18 Å². The first kappa shape index (κ1) is 15.3. The summed E-state index contributed by atoms with van der Waals surface area (Å²) in [5.74, 6) is -0.114. The summed E-state index contributed by atoms with van der Waals surface area (Å²) in [4.78, 5) is 14.0. The standard InChI is InChI=1S/C14H19F3N4O/c15-14(16,17)9-21-5-2-10(19-21)6-12(22)20-7-11(18)13(8-20)3-1-4-13/h2,5,11H,1,3-4,6-9,18H2. The van der Waals surface area contributed by atoms with Gasteiger partial charge in [-0.2, -0.15) is 18.3 Å². The fourth-order valence-corrected chi connectivity index (χ4v) is 3.38. The van der Waals surface area contributed by atoms with Crippen LogP contribution in [-0.4, -0.2) is 45.9 Å². The molecule has 1 unspecified atom stereocenters. The Bertz CT molecular complexity index is 565. The van der Waals surface area contributed by atoms with E-state index in [-0.39, 0.29) is 23.8 Å². The summed E-state index contributed by atoms with van der Waals surface area (Å²) in [6.07, 6.45) is 0.215. The predicted octanol–water partition coefficient (Wildman–Crippen LogP) is 1.33. The number of alkyl halides is 3. The fraction of sp³-hybridized carbons (Fsp3) is 0.714. The molecule has 1 amide bonds. The lowest BCUT2D eigenvalue weighted by atomic mass is 9.66. The zero-order valence-electron chi connectivity index (χ0n) is 12.1. The lowest BCUT2D eigenvalue weighted by molar-refractivity contribution is -0.142. The number of likely N-dealkylation sites (tertiary alicyclic amines) is 1. The van der Waals surface area contributed by atoms with Crippen molar-refractivity contribution in [3.05, 3.63) is 18.0 Å². The van der Waals surface area contributed by atoms with Crippen molar-refractivity contribution in [2.45, 2.75) is 44.4 Å². The van der Waals surface area contributed by atoms with Crippen molar-refractivity contribution in [1.82, 2.24) is 14.7 Å². The lowest BCUT2D eigenvalue weighted by Gasteiger charge is -2.41. The van der Waals surface area contributed by atoms with Crippen molar-refractivity contribution in [3.8, 4) is 0 Å². The average molecular weight is 316 g/mol. The topological polar surface area (TPSA) is 64.2 Å². The van der Waals surface area contributed by atoms with Crippen LogP contribution in [0.5, 0.6) is 0 Å². The van der Waals surface area contributed by atoms with Crippen LogP contribution in [0.2, 0.25) is 0 Å². The van der Waals surface area contributed by atoms with Gasteiger partial charge in [-0.3, -0.25) is 9.48 Å². The number of hydrogen-bond donors (Lipinski definition) is 1. The summed E-state index contributed by atoms with van der Waals surface area (Å²) in [5, 5.41) is 3.81. The first-order chi connectivity index (χ1) is 10.3. The van der Waals surface area contributed by atoms with Crippen molar-refractivity contribution >= 4 is 5.91 Å². The summed E-state index contributed by atoms with van der Waals surface area (Å²) in [6.45, 7) is 0.0528. The van der Waals surface area contributed by atoms with E-state index in [2.05, 4.69) is 5.10 Å². The van der Waals surface area contributed by atoms with Gasteiger partial charge in [0, 0.05) is 30.7 Å². The van der Waals surface area contributed by atoms with Crippen LogP contribution in [0.15, 0.2) is 12.3 Å². The molecule has 1 saturated carbocycles. The summed E-state index contributed by atoms with van der Waals surface area (Å²) >= 11 is 0. The van der Waals surface area contributed by atoms with Crippen LogP contribution < -0.4 is 5.73 Å². The van der Waals surface area contributed by atoms with E-state index in [9.17, 15) is 18.0 Å². The maximum Gasteiger partial charge on any atom is 0.408 e. The van der Waals surface area contributed by atoms with Crippen molar-refractivity contribution in [2.75, 3.05) is 13.1 Å². The van der Waals surface area contributed by atoms with Crippen LogP contribution in [0.4, 0.5) is 13.2 Å². The molecule has 2 N–H and O–H groups in total. The van der Waals surface area contributed by atoms with Gasteiger partial charge in [-0.25, -0.2) is 0 Å². The number of halogens is 3. The number of aromatic nitrogens is 2. The molecule has 122 valence electrons. The van der Waals surface area contributed by atoms with Gasteiger partial charge in [0.25, 0.3) is 0 Å². The first-order valence-electron chi connectivity index (χ1n) is 7.40. The van der Waals surface area contributed by atoms with Crippen LogP contribution >= 0.6 is 0 Å². The van der Waals surface area contributed by atoms with E-state index in [4.69, 9.17) is 5.73 Å². The average Bonchev–Trinajstić information content (AvgIpc) is 2.91. The van der Waals surface area contributed by atoms with Gasteiger partial charge in [0.05, 0.1) is 12.1 Å². The zero-order chi connectivity index (χ0) is 16.0. The van der Waals surface area contributed by atoms with Crippen molar-refractivity contribution < 1.29 is 18.0 Å². The van der Waals surface area contributed by atoms with Crippen LogP contribution in [0.25, 0.3) is 0 Å². The number of carbonyl (C=O) groups is 1. The maximum absolute atomic E-state index is 12.3. The van der Waals surface area contributed by atoms with E-state index in [1.165, 1.54) is 12.3 Å². The molecule has 0 aromatic carbocycles. The molecule has 22 heavy (non-hydrogen) atoms. The number of nitrogens with zero attached hydrogens (tertiary/aromatic N) is 3. The van der Waals surface area contributed by atoms with E-state index in [1.54, 1.807) is 4.90 Å². The molecule has 1 saturated heterocycles. The third-order valence-electron chi connectivity index (χ3n) is 4.78. The van der Waals surface area contributed by atoms with E-state index in [0.717, 1.165) is 23.9 Å². The second-order valence-corrected chi connectivity index (χ2v) is 6.39. The molecule has 3 rings (SSSR count). The second-order valence-electron chi connectivity index (χ2n) is 6.39. The summed E-state index contributed by atoms with van der Waals surface area (Å²) in [7, 11) is 0. The highest BCUT2D eigenvalue weighted by Gasteiger charge is 2.49. The van der Waals surface area contributed by atoms with Gasteiger partial charge < -0.3 is 10.6 Å². The van der Waals surface area contributed by atoms with Crippen LogP contribution in [-0.2, 0) is 17.8 Å². The highest BCUT2D eigenvalue weighted by Crippen LogP contribution is 2.47. The number of amides is 1. The SMILES string of the molecule is NC1CN(C(=O)Cc2ccn(CC(F)(F)F)n2)CC12CCC2. The molecule has 1 aliphatic carbocycles.